The fourth-order valence-corrected chi connectivity index (χ4v) is 9.24. The molecule has 30 nitrogen and oxygen atoms in total. The molecule has 1 spiro atoms. The van der Waals surface area contributed by atoms with Crippen LogP contribution in [0, 0.1) is 6.92 Å². The molecule has 0 bridgehead atoms. The highest BCUT2D eigenvalue weighted by atomic mass is 16.7. The molecular formula is C56H60B2N2O28. The smallest absolute Gasteiger partial charge is 0.504 e. The van der Waals surface area contributed by atoms with Crippen LogP contribution in [0.25, 0.3) is 0 Å². The molecule has 0 amide bonds. The van der Waals surface area contributed by atoms with Gasteiger partial charge in [0.1, 0.15) is 62.4 Å². The Kier molecular flexibility index (Phi) is 22.5. The maximum absolute atomic E-state index is 14.9. The second kappa shape index (κ2) is 29.4. The van der Waals surface area contributed by atoms with E-state index in [1.165, 1.54) is 53.4 Å². The number of fused-ring (bicyclic) bond motifs is 6. The van der Waals surface area contributed by atoms with Crippen molar-refractivity contribution in [2.24, 2.45) is 0 Å². The molecule has 2 aliphatic rings. The summed E-state index contributed by atoms with van der Waals surface area (Å²) in [7, 11) is -3.30. The van der Waals surface area contributed by atoms with Crippen LogP contribution in [-0.2, 0) is 102 Å². The van der Waals surface area contributed by atoms with E-state index in [2.05, 4.69) is 0 Å². The largest absolute Gasteiger partial charge is 0.536 e. The van der Waals surface area contributed by atoms with E-state index >= 15 is 0 Å². The zero-order valence-corrected chi connectivity index (χ0v) is 49.0. The van der Waals surface area contributed by atoms with Crippen molar-refractivity contribution in [2.45, 2.75) is 73.3 Å². The summed E-state index contributed by atoms with van der Waals surface area (Å²) in [6.45, 7) is 4.23. The summed E-state index contributed by atoms with van der Waals surface area (Å²) in [4.78, 5) is 142. The molecule has 3 N–H and O–H groups in total. The number of ether oxygens (including phenoxy) is 13. The second-order valence-electron chi connectivity index (χ2n) is 19.6. The Bertz CT molecular complexity index is 3330. The molecule has 0 fully saturated rings. The van der Waals surface area contributed by atoms with Gasteiger partial charge in [-0.05, 0) is 66.1 Å². The molecule has 1 atom stereocenters. The SMILES string of the molecule is CC(=O)OCOC(=O)CN(CC(=O)OCOC(C)=O)c1ccc(C)cc1OCCOc1cc2c(cc1N(CC(=O)OCOC(C)=O)CC(=O)OCOC(C)=O)C(=O)OC21c2cc(OBO)c(OC(C)=O)cc2C(C)(C)c2cc(OC(C)=O)c(B(O)O)cc21. The number of aryl methyl sites for hydroxylation is 1. The van der Waals surface area contributed by atoms with E-state index in [4.69, 9.17) is 66.2 Å². The van der Waals surface area contributed by atoms with E-state index in [-0.39, 0.29) is 79.0 Å². The fourth-order valence-electron chi connectivity index (χ4n) is 9.24. The first-order valence-corrected chi connectivity index (χ1v) is 26.3. The zero-order valence-electron chi connectivity index (χ0n) is 49.0. The number of hydrogen-bond acceptors (Lipinski definition) is 30. The number of benzene rings is 4. The minimum absolute atomic E-state index is 0.0195. The number of nitrogens with zero attached hydrogens (tertiary/aromatic N) is 2. The van der Waals surface area contributed by atoms with Crippen molar-refractivity contribution in [1.82, 2.24) is 0 Å². The molecule has 0 saturated heterocycles. The average molecular weight is 1230 g/mol. The Morgan fingerprint density at radius 1 is 0.500 bits per heavy atom. The lowest BCUT2D eigenvalue weighted by molar-refractivity contribution is -0.167. The molecule has 1 aliphatic heterocycles. The number of carbonyl (C=O) groups is 11. The number of hydrogen-bond donors (Lipinski definition) is 3. The predicted octanol–water partition coefficient (Wildman–Crippen LogP) is 0.590. The van der Waals surface area contributed by atoms with Gasteiger partial charge in [0.2, 0.25) is 27.2 Å². The molecule has 0 saturated carbocycles. The monoisotopic (exact) mass is 1230 g/mol. The first kappa shape index (κ1) is 67.2. The van der Waals surface area contributed by atoms with E-state index in [0.717, 1.165) is 46.4 Å². The molecule has 0 radical (unpaired) electrons. The number of carbonyl (C=O) groups excluding carboxylic acids is 11. The Morgan fingerprint density at radius 3 is 1.35 bits per heavy atom. The van der Waals surface area contributed by atoms with Crippen LogP contribution in [0.2, 0.25) is 0 Å². The summed E-state index contributed by atoms with van der Waals surface area (Å²) < 4.78 is 75.3. The molecular weight excluding hydrogens is 1170 g/mol. The van der Waals surface area contributed by atoms with Gasteiger partial charge < -0.3 is 91.1 Å². The first-order chi connectivity index (χ1) is 41.5. The highest BCUT2D eigenvalue weighted by molar-refractivity contribution is 6.59. The lowest BCUT2D eigenvalue weighted by atomic mass is 9.60. The lowest BCUT2D eigenvalue weighted by Gasteiger charge is -2.45. The van der Waals surface area contributed by atoms with Crippen molar-refractivity contribution >= 4 is 97.3 Å². The van der Waals surface area contributed by atoms with Crippen molar-refractivity contribution in [2.75, 3.05) is 76.4 Å². The van der Waals surface area contributed by atoms with Gasteiger partial charge in [0.05, 0.1) is 16.9 Å². The fraction of sp³-hybridized carbons (Fsp3) is 0.375. The molecule has 0 aromatic heterocycles. The van der Waals surface area contributed by atoms with E-state index in [1.54, 1.807) is 26.8 Å². The van der Waals surface area contributed by atoms with Gasteiger partial charge in [0.25, 0.3) is 0 Å². The zero-order chi connectivity index (χ0) is 64.8. The Morgan fingerprint density at radius 2 is 0.909 bits per heavy atom. The average Bonchev–Trinajstić information content (AvgIpc) is 1.30. The molecule has 1 unspecified atom stereocenters. The van der Waals surface area contributed by atoms with Crippen molar-refractivity contribution < 1.29 is 134 Å². The van der Waals surface area contributed by atoms with Crippen LogP contribution in [0.1, 0.15) is 99.1 Å². The van der Waals surface area contributed by atoms with E-state index in [9.17, 15) is 67.8 Å². The van der Waals surface area contributed by atoms with Gasteiger partial charge in [0.15, 0.2) is 11.4 Å². The third-order valence-electron chi connectivity index (χ3n) is 12.9. The Balaban J connectivity index is 1.57. The second-order valence-corrected chi connectivity index (χ2v) is 19.6. The Labute approximate surface area is 501 Å². The quantitative estimate of drug-likeness (QED) is 0.0175. The van der Waals surface area contributed by atoms with E-state index < -0.39 is 158 Å². The molecule has 32 heteroatoms. The molecule has 1 aliphatic carbocycles. The third kappa shape index (κ3) is 16.7. The standard InChI is InChI=1S/C56H60B2N2O28/c1-29-10-11-43(59(21-50(67)81-25-77-30(2)61)22-51(68)82-26-78-31(3)62)46(14-29)75-12-13-76-47-17-37-36(15-44(47)60(23-52(69)83-27-79-32(4)63)24-53(70)84-28-80-33(5)64)54(71)87-56(37)40-16-42(58(73)74)45(85-34(6)65)18-38(40)55(8,9)39-19-48(86-35(7)66)49(88-57-72)20-41(39)56/h10-11,14-20,57,72-74H,12-13,21-28H2,1-9H3. The normalized spacial score (nSPS) is 13.7. The van der Waals surface area contributed by atoms with Gasteiger partial charge >= 0.3 is 80.5 Å². The summed E-state index contributed by atoms with van der Waals surface area (Å²) in [5.74, 6) is -11.1. The summed E-state index contributed by atoms with van der Waals surface area (Å²) >= 11 is 0. The van der Waals surface area contributed by atoms with Crippen molar-refractivity contribution in [1.29, 1.82) is 0 Å². The Hall–Kier alpha value is -9.94. The van der Waals surface area contributed by atoms with Crippen LogP contribution in [0.4, 0.5) is 11.4 Å². The molecule has 1 heterocycles. The highest BCUT2D eigenvalue weighted by Crippen LogP contribution is 2.59. The molecule has 6 rings (SSSR count). The predicted molar refractivity (Wildman–Crippen MR) is 297 cm³/mol. The maximum atomic E-state index is 14.9. The summed E-state index contributed by atoms with van der Waals surface area (Å²) in [6, 6.07) is 12.4. The lowest BCUT2D eigenvalue weighted by Crippen LogP contribution is -2.44. The molecule has 4 aromatic rings. The van der Waals surface area contributed by atoms with Crippen molar-refractivity contribution in [3.63, 3.8) is 0 Å². The van der Waals surface area contributed by atoms with Crippen LogP contribution in [0.5, 0.6) is 28.7 Å². The topological polar surface area (TPSA) is 384 Å². The van der Waals surface area contributed by atoms with Gasteiger partial charge in [-0.15, -0.1) is 0 Å². The number of esters is 11. The van der Waals surface area contributed by atoms with Crippen LogP contribution < -0.4 is 38.9 Å². The van der Waals surface area contributed by atoms with E-state index in [0.29, 0.717) is 5.56 Å². The third-order valence-corrected chi connectivity index (χ3v) is 12.9. The van der Waals surface area contributed by atoms with Crippen LogP contribution in [0.3, 0.4) is 0 Å². The minimum atomic E-state index is -2.34. The van der Waals surface area contributed by atoms with E-state index in [1.807, 2.05) is 0 Å². The highest BCUT2D eigenvalue weighted by Gasteiger charge is 2.57. The first-order valence-electron chi connectivity index (χ1n) is 26.3. The van der Waals surface area contributed by atoms with Crippen LogP contribution in [0.15, 0.2) is 54.6 Å². The van der Waals surface area contributed by atoms with Gasteiger partial charge in [0, 0.05) is 69.1 Å². The van der Waals surface area contributed by atoms with Crippen LogP contribution >= 0.6 is 0 Å². The van der Waals surface area contributed by atoms with Crippen molar-refractivity contribution in [3.8, 4) is 28.7 Å². The summed E-state index contributed by atoms with van der Waals surface area (Å²) in [6.07, 6.45) is 0. The van der Waals surface area contributed by atoms with Crippen LogP contribution in [-0.4, -0.2) is 162 Å². The summed E-state index contributed by atoms with van der Waals surface area (Å²) in [5, 5.41) is 31.9. The van der Waals surface area contributed by atoms with Gasteiger partial charge in [-0.3, -0.25) is 47.9 Å². The summed E-state index contributed by atoms with van der Waals surface area (Å²) in [5.41, 5.74) is -3.27. The molecule has 88 heavy (non-hydrogen) atoms. The molecule has 4 aromatic carbocycles. The minimum Gasteiger partial charge on any atom is -0.536 e. The molecule has 468 valence electrons. The maximum Gasteiger partial charge on any atom is 0.504 e. The van der Waals surface area contributed by atoms with Crippen molar-refractivity contribution in [3.05, 3.63) is 93.5 Å². The van der Waals surface area contributed by atoms with Gasteiger partial charge in [-0.1, -0.05) is 26.0 Å². The number of anilines is 2. The van der Waals surface area contributed by atoms with Gasteiger partial charge in [-0.25, -0.2) is 4.79 Å². The number of rotatable bonds is 28. The van der Waals surface area contributed by atoms with Gasteiger partial charge in [-0.2, -0.15) is 0 Å².